The Bertz CT molecular complexity index is 1470. The molecule has 0 unspecified atom stereocenters. The molecule has 4 aromatic rings. The monoisotopic (exact) mass is 496 g/mol. The van der Waals surface area contributed by atoms with Crippen LogP contribution in [-0.2, 0) is 6.42 Å². The number of carbonyl (C=O) groups is 1. The molecule has 2 aromatic carbocycles. The van der Waals surface area contributed by atoms with Gasteiger partial charge in [-0.15, -0.1) is 0 Å². The molecule has 6 rings (SSSR count). The van der Waals surface area contributed by atoms with Crippen molar-refractivity contribution in [3.05, 3.63) is 82.7 Å². The quantitative estimate of drug-likeness (QED) is 0.343. The Kier molecular flexibility index (Phi) is 5.86. The number of fused-ring (bicyclic) bond motifs is 2. The van der Waals surface area contributed by atoms with E-state index in [9.17, 15) is 4.79 Å². The molecule has 2 aliphatic rings. The average Bonchev–Trinajstić information content (AvgIpc) is 3.69. The summed E-state index contributed by atoms with van der Waals surface area (Å²) < 4.78 is 13.2. The fourth-order valence-electron chi connectivity index (χ4n) is 5.49. The minimum Gasteiger partial charge on any atom is -0.493 e. The number of hydrogen-bond donors (Lipinski definition) is 0. The Hall–Kier alpha value is -3.87. The molecule has 1 aliphatic heterocycles. The van der Waals surface area contributed by atoms with E-state index in [2.05, 4.69) is 37.1 Å². The summed E-state index contributed by atoms with van der Waals surface area (Å²) >= 11 is 0. The summed E-state index contributed by atoms with van der Waals surface area (Å²) in [5.41, 5.74) is 5.77. The van der Waals surface area contributed by atoms with E-state index < -0.39 is 0 Å². The SMILES string of the molecule is COc1cc2c(cc1OC)[C@H](c1ccccc1)N(C(=O)c1cc(C3CC3)nc3c1cnn3C(C)C)CC2. The molecule has 1 aliphatic carbocycles. The third kappa shape index (κ3) is 4.02. The maximum absolute atomic E-state index is 14.5. The van der Waals surface area contributed by atoms with Crippen LogP contribution < -0.4 is 9.47 Å². The zero-order valence-corrected chi connectivity index (χ0v) is 21.8. The molecule has 0 bridgehead atoms. The Morgan fingerprint density at radius 2 is 1.76 bits per heavy atom. The maximum Gasteiger partial charge on any atom is 0.255 e. The van der Waals surface area contributed by atoms with E-state index in [0.717, 1.165) is 47.1 Å². The van der Waals surface area contributed by atoms with Crippen molar-refractivity contribution in [1.29, 1.82) is 0 Å². The third-order valence-corrected chi connectivity index (χ3v) is 7.55. The highest BCUT2D eigenvalue weighted by atomic mass is 16.5. The molecule has 1 fully saturated rings. The lowest BCUT2D eigenvalue weighted by molar-refractivity contribution is 0.0696. The van der Waals surface area contributed by atoms with Crippen molar-refractivity contribution in [2.24, 2.45) is 0 Å². The molecule has 1 amide bonds. The topological polar surface area (TPSA) is 69.5 Å². The second-order valence-corrected chi connectivity index (χ2v) is 10.3. The van der Waals surface area contributed by atoms with Crippen molar-refractivity contribution in [2.75, 3.05) is 20.8 Å². The smallest absolute Gasteiger partial charge is 0.255 e. The molecule has 0 spiro atoms. The van der Waals surface area contributed by atoms with Crippen LogP contribution in [0.3, 0.4) is 0 Å². The summed E-state index contributed by atoms with van der Waals surface area (Å²) in [7, 11) is 3.30. The molecule has 7 heteroatoms. The van der Waals surface area contributed by atoms with Gasteiger partial charge in [-0.1, -0.05) is 30.3 Å². The zero-order chi connectivity index (χ0) is 25.7. The van der Waals surface area contributed by atoms with Crippen molar-refractivity contribution in [2.45, 2.75) is 51.1 Å². The van der Waals surface area contributed by atoms with E-state index in [1.165, 1.54) is 5.56 Å². The van der Waals surface area contributed by atoms with Gasteiger partial charge in [-0.25, -0.2) is 9.67 Å². The number of methoxy groups -OCH3 is 2. The van der Waals surface area contributed by atoms with Crippen LogP contribution >= 0.6 is 0 Å². The lowest BCUT2D eigenvalue weighted by Crippen LogP contribution is -2.40. The van der Waals surface area contributed by atoms with Crippen LogP contribution in [0.15, 0.2) is 54.7 Å². The van der Waals surface area contributed by atoms with Crippen molar-refractivity contribution >= 4 is 16.9 Å². The van der Waals surface area contributed by atoms with Gasteiger partial charge in [-0.05, 0) is 68.0 Å². The van der Waals surface area contributed by atoms with Crippen LogP contribution in [0.1, 0.15) is 77.4 Å². The summed E-state index contributed by atoms with van der Waals surface area (Å²) in [6.07, 6.45) is 4.77. The number of pyridine rings is 1. The molecule has 0 radical (unpaired) electrons. The van der Waals surface area contributed by atoms with Crippen LogP contribution in [0.2, 0.25) is 0 Å². The predicted octanol–water partition coefficient (Wildman–Crippen LogP) is 5.69. The van der Waals surface area contributed by atoms with E-state index in [1.807, 2.05) is 39.9 Å². The highest BCUT2D eigenvalue weighted by molar-refractivity contribution is 6.06. The van der Waals surface area contributed by atoms with Crippen molar-refractivity contribution < 1.29 is 14.3 Å². The average molecular weight is 497 g/mol. The molecule has 37 heavy (non-hydrogen) atoms. The standard InChI is InChI=1S/C30H32N4O3/c1-18(2)34-29-24(17-31-34)23(15-25(32-29)19-10-11-19)30(35)33-13-12-21-14-26(36-3)27(37-4)16-22(21)28(33)20-8-6-5-7-9-20/h5-9,14-19,28H,10-13H2,1-4H3/t28-/m0/s1. The molecule has 2 aromatic heterocycles. The van der Waals surface area contributed by atoms with Gasteiger partial charge in [-0.2, -0.15) is 5.10 Å². The molecule has 3 heterocycles. The van der Waals surface area contributed by atoms with Crippen LogP contribution in [0, 0.1) is 0 Å². The lowest BCUT2D eigenvalue weighted by Gasteiger charge is -2.38. The lowest BCUT2D eigenvalue weighted by atomic mass is 9.87. The van der Waals surface area contributed by atoms with Crippen molar-refractivity contribution in [3.63, 3.8) is 0 Å². The first-order valence-corrected chi connectivity index (χ1v) is 13.0. The first-order chi connectivity index (χ1) is 18.0. The van der Waals surface area contributed by atoms with Gasteiger partial charge in [-0.3, -0.25) is 4.79 Å². The molecule has 1 atom stereocenters. The Morgan fingerprint density at radius 1 is 1.03 bits per heavy atom. The van der Waals surface area contributed by atoms with E-state index in [-0.39, 0.29) is 18.0 Å². The Labute approximate surface area is 217 Å². The summed E-state index contributed by atoms with van der Waals surface area (Å²) in [5.74, 6) is 1.80. The second kappa shape index (κ2) is 9.21. The highest BCUT2D eigenvalue weighted by Gasteiger charge is 2.36. The van der Waals surface area contributed by atoms with Gasteiger partial charge in [0, 0.05) is 24.2 Å². The summed E-state index contributed by atoms with van der Waals surface area (Å²) in [6, 6.07) is 16.2. The predicted molar refractivity (Wildman–Crippen MR) is 142 cm³/mol. The van der Waals surface area contributed by atoms with Gasteiger partial charge in [0.1, 0.15) is 0 Å². The number of rotatable bonds is 6. The van der Waals surface area contributed by atoms with E-state index in [4.69, 9.17) is 14.5 Å². The molecule has 7 nitrogen and oxygen atoms in total. The van der Waals surface area contributed by atoms with Crippen LogP contribution in [0.5, 0.6) is 11.5 Å². The van der Waals surface area contributed by atoms with Crippen LogP contribution in [-0.4, -0.2) is 46.3 Å². The second-order valence-electron chi connectivity index (χ2n) is 10.3. The zero-order valence-electron chi connectivity index (χ0n) is 21.8. The summed E-state index contributed by atoms with van der Waals surface area (Å²) in [6.45, 7) is 4.78. The maximum atomic E-state index is 14.5. The van der Waals surface area contributed by atoms with Gasteiger partial charge in [0.25, 0.3) is 5.91 Å². The Morgan fingerprint density at radius 3 is 2.43 bits per heavy atom. The number of hydrogen-bond acceptors (Lipinski definition) is 5. The molecule has 0 saturated heterocycles. The molecule has 1 saturated carbocycles. The minimum atomic E-state index is -0.245. The van der Waals surface area contributed by atoms with Crippen LogP contribution in [0.4, 0.5) is 0 Å². The number of benzene rings is 2. The van der Waals surface area contributed by atoms with Gasteiger partial charge in [0.15, 0.2) is 17.1 Å². The van der Waals surface area contributed by atoms with Crippen molar-refractivity contribution in [3.8, 4) is 11.5 Å². The Balaban J connectivity index is 1.51. The van der Waals surface area contributed by atoms with Crippen LogP contribution in [0.25, 0.3) is 11.0 Å². The van der Waals surface area contributed by atoms with Gasteiger partial charge < -0.3 is 14.4 Å². The van der Waals surface area contributed by atoms with Gasteiger partial charge in [0.2, 0.25) is 0 Å². The summed E-state index contributed by atoms with van der Waals surface area (Å²) in [4.78, 5) is 21.4. The normalized spacial score (nSPS) is 17.2. The molecule has 0 N–H and O–H groups in total. The number of ether oxygens (including phenoxy) is 2. The van der Waals surface area contributed by atoms with Crippen molar-refractivity contribution in [1.82, 2.24) is 19.7 Å². The van der Waals surface area contributed by atoms with E-state index >= 15 is 0 Å². The minimum absolute atomic E-state index is 0.00638. The van der Waals surface area contributed by atoms with E-state index in [1.54, 1.807) is 20.4 Å². The first kappa shape index (κ1) is 23.5. The number of amides is 1. The fraction of sp³-hybridized carbons (Fsp3) is 0.367. The van der Waals surface area contributed by atoms with E-state index in [0.29, 0.717) is 29.5 Å². The third-order valence-electron chi connectivity index (χ3n) is 7.55. The number of nitrogens with zero attached hydrogens (tertiary/aromatic N) is 4. The molecule has 190 valence electrons. The van der Waals surface area contributed by atoms with Gasteiger partial charge >= 0.3 is 0 Å². The first-order valence-electron chi connectivity index (χ1n) is 13.0. The number of aromatic nitrogens is 3. The number of carbonyl (C=O) groups excluding carboxylic acids is 1. The fourth-order valence-corrected chi connectivity index (χ4v) is 5.49. The van der Waals surface area contributed by atoms with Gasteiger partial charge in [0.05, 0.1) is 37.4 Å². The summed E-state index contributed by atoms with van der Waals surface area (Å²) in [5, 5.41) is 5.42. The molecular formula is C30H32N4O3. The largest absolute Gasteiger partial charge is 0.493 e. The molecular weight excluding hydrogens is 464 g/mol. The highest BCUT2D eigenvalue weighted by Crippen LogP contribution is 2.43.